The van der Waals surface area contributed by atoms with Crippen molar-refractivity contribution in [2.75, 3.05) is 31.3 Å². The van der Waals surface area contributed by atoms with Gasteiger partial charge in [0.1, 0.15) is 30.3 Å². The minimum atomic E-state index is -0.452. The standard InChI is InChI=1S/C34H34FN11O3.BrH/c1-5-31-42-34(45(48)49)29(43(31)2)20-46(3,4)13-7-10-32(47)41-30-16-26-27(18-36-30)37-21-38-33(26)40-25-11-12-28-23(15-25)17-39-44(28)19-22-8-6-9-24(35)14-22;/h6-12,14-18,21H,5,13,19-20H2,1-4H3,(H-,36,37,38,40,41,47);1H/b10-7+;. The van der Waals surface area contributed by atoms with Crippen LogP contribution in [-0.2, 0) is 31.4 Å². The summed E-state index contributed by atoms with van der Waals surface area (Å²) in [5, 5.41) is 23.8. The number of halogens is 2. The van der Waals surface area contributed by atoms with Gasteiger partial charge in [0.05, 0.1) is 50.6 Å². The minimum absolute atomic E-state index is 0. The predicted molar refractivity (Wildman–Crippen MR) is 184 cm³/mol. The lowest BCUT2D eigenvalue weighted by Crippen LogP contribution is -3.00. The molecule has 0 aliphatic heterocycles. The fraction of sp³-hybridized carbons (Fsp3) is 0.235. The molecule has 0 fully saturated rings. The minimum Gasteiger partial charge on any atom is -1.00 e. The van der Waals surface area contributed by atoms with Gasteiger partial charge in [0.25, 0.3) is 0 Å². The Labute approximate surface area is 297 Å². The molecule has 0 spiro atoms. The molecule has 4 aromatic heterocycles. The smallest absolute Gasteiger partial charge is 0.391 e. The number of aromatic nitrogens is 7. The number of aryl methyl sites for hydroxylation is 1. The summed E-state index contributed by atoms with van der Waals surface area (Å²) < 4.78 is 17.6. The first-order chi connectivity index (χ1) is 23.5. The quantitative estimate of drug-likeness (QED) is 0.0831. The summed E-state index contributed by atoms with van der Waals surface area (Å²) in [6.07, 6.45) is 8.49. The molecule has 50 heavy (non-hydrogen) atoms. The van der Waals surface area contributed by atoms with Crippen LogP contribution in [0.25, 0.3) is 21.8 Å². The first kappa shape index (κ1) is 35.7. The number of amides is 1. The second kappa shape index (κ2) is 14.9. The van der Waals surface area contributed by atoms with Gasteiger partial charge in [0.2, 0.25) is 11.7 Å². The van der Waals surface area contributed by atoms with E-state index in [0.29, 0.717) is 64.6 Å². The number of pyridine rings is 1. The van der Waals surface area contributed by atoms with E-state index in [2.05, 4.69) is 35.7 Å². The van der Waals surface area contributed by atoms with E-state index in [1.807, 2.05) is 50.0 Å². The zero-order valence-corrected chi connectivity index (χ0v) is 29.4. The van der Waals surface area contributed by atoms with Gasteiger partial charge in [-0.1, -0.05) is 19.1 Å². The number of imidazole rings is 1. The van der Waals surface area contributed by atoms with E-state index in [4.69, 9.17) is 0 Å². The van der Waals surface area contributed by atoms with Gasteiger partial charge in [0, 0.05) is 36.0 Å². The predicted octanol–water partition coefficient (Wildman–Crippen LogP) is 2.28. The molecule has 2 aromatic carbocycles. The van der Waals surface area contributed by atoms with Crippen LogP contribution in [0.15, 0.2) is 79.4 Å². The molecular formula is C34H35BrFN11O3. The van der Waals surface area contributed by atoms with Crippen LogP contribution in [0.3, 0.4) is 0 Å². The van der Waals surface area contributed by atoms with Crippen molar-refractivity contribution < 1.29 is 35.6 Å². The Kier molecular flexibility index (Phi) is 10.6. The number of nitro groups is 1. The van der Waals surface area contributed by atoms with Crippen LogP contribution in [0.2, 0.25) is 0 Å². The largest absolute Gasteiger partial charge is 1.00 e. The van der Waals surface area contributed by atoms with Crippen molar-refractivity contribution in [2.45, 2.75) is 26.4 Å². The monoisotopic (exact) mass is 743 g/mol. The van der Waals surface area contributed by atoms with E-state index >= 15 is 0 Å². The van der Waals surface area contributed by atoms with Crippen molar-refractivity contribution in [2.24, 2.45) is 7.05 Å². The summed E-state index contributed by atoms with van der Waals surface area (Å²) in [5.41, 5.74) is 3.60. The van der Waals surface area contributed by atoms with Gasteiger partial charge in [-0.25, -0.2) is 19.3 Å². The molecule has 0 atom stereocenters. The maximum absolute atomic E-state index is 13.7. The molecule has 258 valence electrons. The van der Waals surface area contributed by atoms with Crippen LogP contribution in [0.5, 0.6) is 0 Å². The lowest BCUT2D eigenvalue weighted by atomic mass is 10.2. The molecule has 16 heteroatoms. The number of fused-ring (bicyclic) bond motifs is 2. The van der Waals surface area contributed by atoms with Crippen LogP contribution in [0.1, 0.15) is 24.0 Å². The number of rotatable bonds is 12. The van der Waals surface area contributed by atoms with Crippen LogP contribution >= 0.6 is 0 Å². The third-order valence-corrected chi connectivity index (χ3v) is 8.12. The topological polar surface area (TPSA) is 159 Å². The van der Waals surface area contributed by atoms with Gasteiger partial charge in [-0.3, -0.25) is 9.48 Å². The van der Waals surface area contributed by atoms with Crippen molar-refractivity contribution in [3.8, 4) is 0 Å². The van der Waals surface area contributed by atoms with Gasteiger partial charge in [-0.15, -0.1) is 0 Å². The second-order valence-corrected chi connectivity index (χ2v) is 12.3. The molecule has 6 aromatic rings. The third-order valence-electron chi connectivity index (χ3n) is 8.12. The molecule has 0 saturated heterocycles. The van der Waals surface area contributed by atoms with Crippen LogP contribution in [0, 0.1) is 15.9 Å². The van der Waals surface area contributed by atoms with Gasteiger partial charge in [-0.2, -0.15) is 5.10 Å². The van der Waals surface area contributed by atoms with Gasteiger partial charge < -0.3 is 46.8 Å². The number of carbonyl (C=O) groups excluding carboxylic acids is 1. The average molecular weight is 745 g/mol. The number of hydrogen-bond acceptors (Lipinski definition) is 9. The number of benzene rings is 2. The normalized spacial score (nSPS) is 11.6. The summed E-state index contributed by atoms with van der Waals surface area (Å²) >= 11 is 0. The molecule has 0 radical (unpaired) electrons. The molecule has 0 bridgehead atoms. The van der Waals surface area contributed by atoms with Gasteiger partial charge >= 0.3 is 5.82 Å². The van der Waals surface area contributed by atoms with Crippen LogP contribution in [0.4, 0.5) is 27.5 Å². The fourth-order valence-electron chi connectivity index (χ4n) is 5.65. The Bertz CT molecular complexity index is 2230. The molecule has 4 heterocycles. The molecule has 0 unspecified atom stereocenters. The van der Waals surface area contributed by atoms with E-state index in [9.17, 15) is 19.3 Å². The molecule has 1 amide bonds. The molecule has 2 N–H and O–H groups in total. The highest BCUT2D eigenvalue weighted by Crippen LogP contribution is 2.27. The van der Waals surface area contributed by atoms with E-state index < -0.39 is 4.92 Å². The van der Waals surface area contributed by atoms with E-state index in [-0.39, 0.29) is 34.5 Å². The van der Waals surface area contributed by atoms with Crippen molar-refractivity contribution in [1.82, 2.24) is 34.3 Å². The molecule has 0 aliphatic carbocycles. The number of nitrogens with one attached hydrogen (secondary N) is 2. The summed E-state index contributed by atoms with van der Waals surface area (Å²) in [7, 11) is 5.65. The molecular weight excluding hydrogens is 709 g/mol. The van der Waals surface area contributed by atoms with Crippen molar-refractivity contribution in [3.05, 3.63) is 112 Å². The number of quaternary nitrogens is 1. The van der Waals surface area contributed by atoms with Crippen molar-refractivity contribution >= 4 is 50.9 Å². The maximum atomic E-state index is 13.7. The van der Waals surface area contributed by atoms with E-state index in [0.717, 1.165) is 22.2 Å². The fourth-order valence-corrected chi connectivity index (χ4v) is 5.65. The summed E-state index contributed by atoms with van der Waals surface area (Å²) in [6.45, 7) is 3.15. The molecule has 14 nitrogen and oxygen atoms in total. The first-order valence-electron chi connectivity index (χ1n) is 15.6. The van der Waals surface area contributed by atoms with Crippen LogP contribution in [-0.4, -0.2) is 70.2 Å². The summed E-state index contributed by atoms with van der Waals surface area (Å²) in [5.74, 6) is 0.695. The Morgan fingerprint density at radius 2 is 1.92 bits per heavy atom. The highest BCUT2D eigenvalue weighted by molar-refractivity contribution is 6.00. The Balaban J connectivity index is 0.00000486. The highest BCUT2D eigenvalue weighted by atomic mass is 79.9. The average Bonchev–Trinajstić information content (AvgIpc) is 3.60. The highest BCUT2D eigenvalue weighted by Gasteiger charge is 2.30. The third kappa shape index (κ3) is 7.98. The molecule has 6 rings (SSSR count). The van der Waals surface area contributed by atoms with Crippen molar-refractivity contribution in [1.29, 1.82) is 0 Å². The Morgan fingerprint density at radius 1 is 1.10 bits per heavy atom. The Morgan fingerprint density at radius 3 is 2.68 bits per heavy atom. The lowest BCUT2D eigenvalue weighted by Gasteiger charge is -2.28. The number of anilines is 3. The number of hydrogen-bond donors (Lipinski definition) is 2. The number of nitrogens with zero attached hydrogens (tertiary/aromatic N) is 9. The van der Waals surface area contributed by atoms with E-state index in [1.54, 1.807) is 42.2 Å². The van der Waals surface area contributed by atoms with Crippen LogP contribution < -0.4 is 27.6 Å². The zero-order valence-electron chi connectivity index (χ0n) is 27.8. The zero-order chi connectivity index (χ0) is 34.7. The second-order valence-electron chi connectivity index (χ2n) is 12.3. The maximum Gasteiger partial charge on any atom is 0.391 e. The molecule has 0 saturated carbocycles. The van der Waals surface area contributed by atoms with Gasteiger partial charge in [0.15, 0.2) is 5.69 Å². The number of likely N-dealkylation sites (N-methyl/N-ethyl adjacent to an activating group) is 1. The van der Waals surface area contributed by atoms with E-state index in [1.165, 1.54) is 24.5 Å². The van der Waals surface area contributed by atoms with Crippen molar-refractivity contribution in [3.63, 3.8) is 0 Å². The number of carbonyl (C=O) groups is 1. The molecule has 0 aliphatic rings. The Hall–Kier alpha value is -5.61. The lowest BCUT2D eigenvalue weighted by molar-refractivity contribution is -0.898. The summed E-state index contributed by atoms with van der Waals surface area (Å²) in [4.78, 5) is 41.3. The summed E-state index contributed by atoms with van der Waals surface area (Å²) in [6, 6.07) is 13.9. The van der Waals surface area contributed by atoms with Gasteiger partial charge in [-0.05, 0) is 57.9 Å². The first-order valence-corrected chi connectivity index (χ1v) is 15.6. The SMILES string of the molecule is CCc1nc([N+](=O)[O-])c(C[N+](C)(C)C/C=C/C(=O)Nc2cc3c(Nc4ccc5c(cnn5Cc5cccc(F)c5)c4)ncnc3cn2)n1C.[Br-].